The number of benzene rings is 3. The topological polar surface area (TPSA) is 96.0 Å². The smallest absolute Gasteiger partial charge is 0.264 e. The third kappa shape index (κ3) is 8.65. The fraction of sp³-hybridized carbons (Fsp3) is 0.375. The van der Waals surface area contributed by atoms with Crippen molar-refractivity contribution in [1.29, 1.82) is 0 Å². The molecule has 0 heterocycles. The Hall–Kier alpha value is -3.27. The molecule has 232 valence electrons. The lowest BCUT2D eigenvalue weighted by molar-refractivity contribution is -0.140. The zero-order chi connectivity index (χ0) is 31.7. The lowest BCUT2D eigenvalue weighted by Gasteiger charge is -2.33. The van der Waals surface area contributed by atoms with Crippen LogP contribution in [0, 0.1) is 13.8 Å². The van der Waals surface area contributed by atoms with Crippen LogP contribution in [0.4, 0.5) is 5.69 Å². The number of sulfonamides is 1. The Kier molecular flexibility index (Phi) is 12.3. The molecule has 1 unspecified atom stereocenters. The lowest BCUT2D eigenvalue weighted by Crippen LogP contribution is -2.52. The number of carbonyl (C=O) groups is 2. The molecule has 0 aromatic heterocycles. The average Bonchev–Trinajstić information content (AvgIpc) is 2.97. The molecule has 1 N–H and O–H groups in total. The Labute approximate surface area is 265 Å². The Morgan fingerprint density at radius 1 is 0.953 bits per heavy atom. The number of nitrogens with zero attached hydrogens (tertiary/aromatic N) is 2. The van der Waals surface area contributed by atoms with Gasteiger partial charge in [0.2, 0.25) is 11.8 Å². The van der Waals surface area contributed by atoms with Gasteiger partial charge in [-0.25, -0.2) is 8.42 Å². The Morgan fingerprint density at radius 3 is 2.23 bits per heavy atom. The molecule has 0 aliphatic rings. The molecule has 11 heteroatoms. The first kappa shape index (κ1) is 34.2. The summed E-state index contributed by atoms with van der Waals surface area (Å²) < 4.78 is 34.9. The molecular formula is C32H39Cl2N3O5S. The summed E-state index contributed by atoms with van der Waals surface area (Å²) in [4.78, 5) is 29.1. The molecule has 0 fully saturated rings. The minimum absolute atomic E-state index is 0.0195. The van der Waals surface area contributed by atoms with Crippen molar-refractivity contribution in [2.75, 3.05) is 24.5 Å². The molecular weight excluding hydrogens is 609 g/mol. The van der Waals surface area contributed by atoms with E-state index in [2.05, 4.69) is 5.32 Å². The minimum atomic E-state index is -4.24. The van der Waals surface area contributed by atoms with Gasteiger partial charge >= 0.3 is 0 Å². The van der Waals surface area contributed by atoms with Crippen molar-refractivity contribution in [3.63, 3.8) is 0 Å². The number of unbranched alkanes of at least 4 members (excludes halogenated alkanes) is 1. The van der Waals surface area contributed by atoms with E-state index in [4.69, 9.17) is 27.9 Å². The van der Waals surface area contributed by atoms with Gasteiger partial charge in [-0.1, -0.05) is 73.3 Å². The first-order valence-corrected chi connectivity index (χ1v) is 16.4. The molecule has 0 spiro atoms. The number of rotatable bonds is 14. The van der Waals surface area contributed by atoms with Gasteiger partial charge in [-0.15, -0.1) is 0 Å². The van der Waals surface area contributed by atoms with E-state index in [1.807, 2.05) is 20.8 Å². The Balaban J connectivity index is 2.13. The normalized spacial score (nSPS) is 12.0. The van der Waals surface area contributed by atoms with E-state index in [1.54, 1.807) is 55.5 Å². The van der Waals surface area contributed by atoms with Crippen molar-refractivity contribution in [2.24, 2.45) is 0 Å². The maximum Gasteiger partial charge on any atom is 0.264 e. The number of hydrogen-bond acceptors (Lipinski definition) is 5. The molecule has 2 amide bonds. The molecule has 3 aromatic rings. The molecule has 3 aromatic carbocycles. The van der Waals surface area contributed by atoms with Crippen LogP contribution in [0.1, 0.15) is 49.8 Å². The number of carbonyl (C=O) groups excluding carboxylic acids is 2. The highest BCUT2D eigenvalue weighted by atomic mass is 35.5. The van der Waals surface area contributed by atoms with Gasteiger partial charge in [-0.3, -0.25) is 13.9 Å². The van der Waals surface area contributed by atoms with Crippen LogP contribution in [0.25, 0.3) is 0 Å². The summed E-state index contributed by atoms with van der Waals surface area (Å²) in [6, 6.07) is 15.6. The van der Waals surface area contributed by atoms with E-state index in [1.165, 1.54) is 24.1 Å². The molecule has 0 saturated heterocycles. The van der Waals surface area contributed by atoms with Crippen molar-refractivity contribution < 1.29 is 22.7 Å². The van der Waals surface area contributed by atoms with Crippen LogP contribution in [0.15, 0.2) is 65.6 Å². The SMILES string of the molecule is CCCCNC(=O)C(CC)N(Cc1ccc(Cl)cc1Cl)C(=O)CN(c1cc(C)ccc1OC)S(=O)(=O)c1ccc(C)cc1. The van der Waals surface area contributed by atoms with Gasteiger partial charge in [0.1, 0.15) is 18.3 Å². The van der Waals surface area contributed by atoms with Gasteiger partial charge in [0.05, 0.1) is 17.7 Å². The summed E-state index contributed by atoms with van der Waals surface area (Å²) in [6.45, 7) is 7.35. The third-order valence-electron chi connectivity index (χ3n) is 7.06. The zero-order valence-corrected chi connectivity index (χ0v) is 27.5. The van der Waals surface area contributed by atoms with Gasteiger partial charge in [-0.2, -0.15) is 0 Å². The van der Waals surface area contributed by atoms with Crippen molar-refractivity contribution in [1.82, 2.24) is 10.2 Å². The van der Waals surface area contributed by atoms with Crippen LogP contribution in [-0.2, 0) is 26.2 Å². The highest BCUT2D eigenvalue weighted by molar-refractivity contribution is 7.92. The van der Waals surface area contributed by atoms with Gasteiger partial charge in [0, 0.05) is 23.1 Å². The fourth-order valence-corrected chi connectivity index (χ4v) is 6.49. The van der Waals surface area contributed by atoms with Crippen molar-refractivity contribution in [2.45, 2.75) is 64.4 Å². The predicted octanol–water partition coefficient (Wildman–Crippen LogP) is 6.54. The molecule has 1 atom stereocenters. The number of ether oxygens (including phenoxy) is 1. The van der Waals surface area contributed by atoms with E-state index in [0.717, 1.165) is 28.3 Å². The van der Waals surface area contributed by atoms with E-state index < -0.39 is 28.5 Å². The summed E-state index contributed by atoms with van der Waals surface area (Å²) in [5.41, 5.74) is 2.45. The lowest BCUT2D eigenvalue weighted by atomic mass is 10.1. The standard InChI is InChI=1S/C32H39Cl2N3O5S/c1-6-8-17-35-32(39)28(7-2)36(20-24-12-13-25(33)19-27(24)34)31(38)21-37(29-18-23(4)11-16-30(29)42-5)43(40,41)26-14-9-22(3)10-15-26/h9-16,18-19,28H,6-8,17,20-21H2,1-5H3,(H,35,39). The van der Waals surface area contributed by atoms with Crippen LogP contribution in [-0.4, -0.2) is 51.4 Å². The second-order valence-corrected chi connectivity index (χ2v) is 13.0. The Morgan fingerprint density at radius 2 is 1.63 bits per heavy atom. The van der Waals surface area contributed by atoms with Crippen LogP contribution < -0.4 is 14.4 Å². The molecule has 0 aliphatic heterocycles. The number of halogens is 2. The summed E-state index contributed by atoms with van der Waals surface area (Å²) in [5.74, 6) is -0.621. The van der Waals surface area contributed by atoms with E-state index in [-0.39, 0.29) is 28.8 Å². The maximum atomic E-state index is 14.3. The van der Waals surface area contributed by atoms with Gasteiger partial charge in [-0.05, 0) is 74.2 Å². The minimum Gasteiger partial charge on any atom is -0.495 e. The molecule has 0 radical (unpaired) electrons. The first-order valence-electron chi connectivity index (χ1n) is 14.2. The van der Waals surface area contributed by atoms with Crippen LogP contribution in [0.5, 0.6) is 5.75 Å². The zero-order valence-electron chi connectivity index (χ0n) is 25.2. The summed E-state index contributed by atoms with van der Waals surface area (Å²) in [6.07, 6.45) is 1.98. The molecule has 0 bridgehead atoms. The van der Waals surface area contributed by atoms with Crippen molar-refractivity contribution in [3.8, 4) is 5.75 Å². The van der Waals surface area contributed by atoms with Crippen LogP contribution in [0.2, 0.25) is 10.0 Å². The second-order valence-electron chi connectivity index (χ2n) is 10.3. The molecule has 8 nitrogen and oxygen atoms in total. The van der Waals surface area contributed by atoms with E-state index >= 15 is 0 Å². The van der Waals surface area contributed by atoms with E-state index in [9.17, 15) is 18.0 Å². The van der Waals surface area contributed by atoms with Crippen LogP contribution >= 0.6 is 23.2 Å². The molecule has 43 heavy (non-hydrogen) atoms. The number of nitrogens with one attached hydrogen (secondary N) is 1. The van der Waals surface area contributed by atoms with Gasteiger partial charge in [0.15, 0.2) is 0 Å². The van der Waals surface area contributed by atoms with Gasteiger partial charge < -0.3 is 15.0 Å². The van der Waals surface area contributed by atoms with Gasteiger partial charge in [0.25, 0.3) is 10.0 Å². The molecule has 3 rings (SSSR count). The maximum absolute atomic E-state index is 14.3. The highest BCUT2D eigenvalue weighted by Crippen LogP contribution is 2.34. The summed E-state index contributed by atoms with van der Waals surface area (Å²) in [7, 11) is -2.80. The summed E-state index contributed by atoms with van der Waals surface area (Å²) >= 11 is 12.6. The summed E-state index contributed by atoms with van der Waals surface area (Å²) in [5, 5.41) is 3.67. The number of aryl methyl sites for hydroxylation is 2. The number of hydrogen-bond donors (Lipinski definition) is 1. The average molecular weight is 649 g/mol. The van der Waals surface area contributed by atoms with Crippen molar-refractivity contribution >= 4 is 50.7 Å². The van der Waals surface area contributed by atoms with E-state index in [0.29, 0.717) is 28.6 Å². The quantitative estimate of drug-likeness (QED) is 0.201. The second kappa shape index (κ2) is 15.5. The Bertz CT molecular complexity index is 1530. The predicted molar refractivity (Wildman–Crippen MR) is 172 cm³/mol. The van der Waals surface area contributed by atoms with Crippen LogP contribution in [0.3, 0.4) is 0 Å². The number of methoxy groups -OCH3 is 1. The molecule has 0 aliphatic carbocycles. The monoisotopic (exact) mass is 647 g/mol. The fourth-order valence-electron chi connectivity index (χ4n) is 4.60. The van der Waals surface area contributed by atoms with Crippen molar-refractivity contribution in [3.05, 3.63) is 87.4 Å². The largest absolute Gasteiger partial charge is 0.495 e. The number of amides is 2. The molecule has 0 saturated carbocycles. The third-order valence-corrected chi connectivity index (χ3v) is 9.42. The first-order chi connectivity index (χ1) is 20.4. The number of anilines is 1. The highest BCUT2D eigenvalue weighted by Gasteiger charge is 2.35.